The number of amides is 1. The van der Waals surface area contributed by atoms with Gasteiger partial charge in [0.25, 0.3) is 0 Å². The summed E-state index contributed by atoms with van der Waals surface area (Å²) in [6.07, 6.45) is 1.50. The quantitative estimate of drug-likeness (QED) is 0.556. The molecule has 0 saturated carbocycles. The number of aromatic nitrogens is 2. The second kappa shape index (κ2) is 2.93. The van der Waals surface area contributed by atoms with Crippen LogP contribution in [0, 0.1) is 0 Å². The van der Waals surface area contributed by atoms with Crippen molar-refractivity contribution in [1.29, 1.82) is 0 Å². The van der Waals surface area contributed by atoms with E-state index in [0.717, 1.165) is 0 Å². The van der Waals surface area contributed by atoms with Crippen molar-refractivity contribution in [2.45, 2.75) is 6.42 Å². The summed E-state index contributed by atoms with van der Waals surface area (Å²) < 4.78 is 0. The molecule has 0 radical (unpaired) electrons. The fourth-order valence-electron chi connectivity index (χ4n) is 1.23. The van der Waals surface area contributed by atoms with Crippen LogP contribution in [0.3, 0.4) is 0 Å². The van der Waals surface area contributed by atoms with Gasteiger partial charge in [-0.3, -0.25) is 14.5 Å². The van der Waals surface area contributed by atoms with E-state index >= 15 is 0 Å². The zero-order valence-corrected chi connectivity index (χ0v) is 6.80. The van der Waals surface area contributed by atoms with Crippen LogP contribution in [0.2, 0.25) is 0 Å². The lowest BCUT2D eigenvalue weighted by Crippen LogP contribution is -2.25. The molecule has 0 N–H and O–H groups in total. The number of nitrogens with zero attached hydrogens (tertiary/aromatic N) is 3. The molecule has 1 aromatic rings. The number of hydrogen-bond donors (Lipinski definition) is 0. The molecule has 1 saturated heterocycles. The van der Waals surface area contributed by atoms with Crippen molar-refractivity contribution < 1.29 is 9.59 Å². The zero-order chi connectivity index (χ0) is 9.26. The molecule has 1 aliphatic heterocycles. The summed E-state index contributed by atoms with van der Waals surface area (Å²) in [6, 6.07) is 3.34. The second-order valence-electron chi connectivity index (χ2n) is 2.78. The topological polar surface area (TPSA) is 63.2 Å². The Bertz CT molecular complexity index is 350. The lowest BCUT2D eigenvalue weighted by Gasteiger charge is -2.11. The number of hydrogen-bond acceptors (Lipinski definition) is 4. The highest BCUT2D eigenvalue weighted by Gasteiger charge is 2.29. The molecule has 0 unspecified atom stereocenters. The van der Waals surface area contributed by atoms with E-state index in [9.17, 15) is 9.59 Å². The van der Waals surface area contributed by atoms with Gasteiger partial charge in [0.1, 0.15) is 0 Å². The van der Waals surface area contributed by atoms with Crippen molar-refractivity contribution in [1.82, 2.24) is 10.2 Å². The standard InChI is InChI=1S/C8H7N3O2/c12-6-4-8(13)11(5-6)7-2-1-3-9-10-7/h1-3H,4-5H2. The Hall–Kier alpha value is -1.78. The predicted octanol–water partition coefficient (Wildman–Crippen LogP) is -0.218. The van der Waals surface area contributed by atoms with Crippen molar-refractivity contribution >= 4 is 17.5 Å². The molecule has 2 rings (SSSR count). The van der Waals surface area contributed by atoms with E-state index in [0.29, 0.717) is 5.82 Å². The molecule has 0 aliphatic carbocycles. The first-order valence-electron chi connectivity index (χ1n) is 3.87. The maximum Gasteiger partial charge on any atom is 0.236 e. The first-order valence-corrected chi connectivity index (χ1v) is 3.87. The van der Waals surface area contributed by atoms with Gasteiger partial charge in [0.15, 0.2) is 11.6 Å². The number of anilines is 1. The molecule has 0 spiro atoms. The van der Waals surface area contributed by atoms with Crippen LogP contribution < -0.4 is 4.90 Å². The Labute approximate surface area is 74.4 Å². The van der Waals surface area contributed by atoms with E-state index in [1.54, 1.807) is 12.1 Å². The average molecular weight is 177 g/mol. The first kappa shape index (κ1) is 7.85. The van der Waals surface area contributed by atoms with Crippen molar-refractivity contribution in [3.05, 3.63) is 18.3 Å². The van der Waals surface area contributed by atoms with Crippen LogP contribution in [0.1, 0.15) is 6.42 Å². The van der Waals surface area contributed by atoms with Crippen molar-refractivity contribution in [3.8, 4) is 0 Å². The van der Waals surface area contributed by atoms with Crippen LogP contribution in [-0.4, -0.2) is 28.4 Å². The van der Waals surface area contributed by atoms with E-state index in [4.69, 9.17) is 0 Å². The smallest absolute Gasteiger partial charge is 0.236 e. The molecule has 0 bridgehead atoms. The van der Waals surface area contributed by atoms with E-state index in [2.05, 4.69) is 10.2 Å². The molecule has 1 fully saturated rings. The van der Waals surface area contributed by atoms with Crippen molar-refractivity contribution in [2.24, 2.45) is 0 Å². The van der Waals surface area contributed by atoms with Gasteiger partial charge in [0.05, 0.1) is 13.0 Å². The van der Waals surface area contributed by atoms with Gasteiger partial charge >= 0.3 is 0 Å². The number of ketones is 1. The second-order valence-corrected chi connectivity index (χ2v) is 2.78. The zero-order valence-electron chi connectivity index (χ0n) is 6.80. The fraction of sp³-hybridized carbons (Fsp3) is 0.250. The van der Waals surface area contributed by atoms with Crippen molar-refractivity contribution in [2.75, 3.05) is 11.4 Å². The summed E-state index contributed by atoms with van der Waals surface area (Å²) in [4.78, 5) is 23.5. The van der Waals surface area contributed by atoms with Crippen LogP contribution in [-0.2, 0) is 9.59 Å². The van der Waals surface area contributed by atoms with E-state index < -0.39 is 0 Å². The molecule has 13 heavy (non-hydrogen) atoms. The number of rotatable bonds is 1. The summed E-state index contributed by atoms with van der Waals surface area (Å²) in [5.74, 6) is 0.166. The molecule has 1 amide bonds. The van der Waals surface area contributed by atoms with Gasteiger partial charge in [-0.1, -0.05) is 0 Å². The minimum absolute atomic E-state index is 0.0173. The SMILES string of the molecule is O=C1CC(=O)N(c2cccnn2)C1. The normalized spacial score (nSPS) is 16.8. The van der Waals surface area contributed by atoms with Gasteiger partial charge in [-0.25, -0.2) is 0 Å². The van der Waals surface area contributed by atoms with Gasteiger partial charge in [-0.15, -0.1) is 5.10 Å². The summed E-state index contributed by atoms with van der Waals surface area (Å²) in [5, 5.41) is 7.38. The van der Waals surface area contributed by atoms with Gasteiger partial charge in [-0.05, 0) is 12.1 Å². The fourth-order valence-corrected chi connectivity index (χ4v) is 1.23. The highest BCUT2D eigenvalue weighted by molar-refractivity contribution is 6.14. The largest absolute Gasteiger partial charge is 0.297 e. The highest BCUT2D eigenvalue weighted by Crippen LogP contribution is 2.14. The monoisotopic (exact) mass is 177 g/mol. The van der Waals surface area contributed by atoms with Crippen LogP contribution >= 0.6 is 0 Å². The molecule has 2 heterocycles. The molecule has 5 nitrogen and oxygen atoms in total. The summed E-state index contributed by atoms with van der Waals surface area (Å²) in [6.45, 7) is 0.123. The van der Waals surface area contributed by atoms with Gasteiger partial charge in [0.2, 0.25) is 5.91 Å². The molecular formula is C8H7N3O2. The number of carbonyl (C=O) groups excluding carboxylic acids is 2. The minimum atomic E-state index is -0.203. The molecule has 1 aliphatic rings. The summed E-state index contributed by atoms with van der Waals surface area (Å²) in [5.41, 5.74) is 0. The lowest BCUT2D eigenvalue weighted by atomic mass is 10.3. The third kappa shape index (κ3) is 1.40. The first-order chi connectivity index (χ1) is 6.27. The van der Waals surface area contributed by atoms with E-state index in [1.165, 1.54) is 11.1 Å². The van der Waals surface area contributed by atoms with Crippen LogP contribution in [0.4, 0.5) is 5.82 Å². The number of carbonyl (C=O) groups is 2. The molecular weight excluding hydrogens is 170 g/mol. The maximum atomic E-state index is 11.2. The van der Waals surface area contributed by atoms with Crippen LogP contribution in [0.5, 0.6) is 0 Å². The molecule has 66 valence electrons. The number of Topliss-reactive ketones (excluding diaryl/α,β-unsaturated/α-hetero) is 1. The summed E-state index contributed by atoms with van der Waals surface area (Å²) >= 11 is 0. The Kier molecular flexibility index (Phi) is 1.77. The Morgan fingerprint density at radius 1 is 1.38 bits per heavy atom. The van der Waals surface area contributed by atoms with Gasteiger partial charge in [0, 0.05) is 6.20 Å². The Morgan fingerprint density at radius 3 is 2.77 bits per heavy atom. The van der Waals surface area contributed by atoms with Crippen LogP contribution in [0.25, 0.3) is 0 Å². The molecule has 1 aromatic heterocycles. The molecule has 0 atom stereocenters. The Balaban J connectivity index is 2.28. The van der Waals surface area contributed by atoms with Gasteiger partial charge in [-0.2, -0.15) is 5.10 Å². The molecule has 0 aromatic carbocycles. The van der Waals surface area contributed by atoms with Crippen LogP contribution in [0.15, 0.2) is 18.3 Å². The third-order valence-corrected chi connectivity index (χ3v) is 1.82. The summed E-state index contributed by atoms with van der Waals surface area (Å²) in [7, 11) is 0. The minimum Gasteiger partial charge on any atom is -0.297 e. The lowest BCUT2D eigenvalue weighted by molar-refractivity contribution is -0.121. The third-order valence-electron chi connectivity index (χ3n) is 1.82. The molecule has 5 heteroatoms. The van der Waals surface area contributed by atoms with Gasteiger partial charge < -0.3 is 0 Å². The average Bonchev–Trinajstić information content (AvgIpc) is 2.47. The predicted molar refractivity (Wildman–Crippen MR) is 44.0 cm³/mol. The van der Waals surface area contributed by atoms with E-state index in [-0.39, 0.29) is 24.7 Å². The maximum absolute atomic E-state index is 11.2. The Morgan fingerprint density at radius 2 is 2.23 bits per heavy atom. The van der Waals surface area contributed by atoms with E-state index in [1.807, 2.05) is 0 Å². The van der Waals surface area contributed by atoms with Crippen molar-refractivity contribution in [3.63, 3.8) is 0 Å². The highest BCUT2D eigenvalue weighted by atomic mass is 16.2.